The van der Waals surface area contributed by atoms with Crippen molar-refractivity contribution < 1.29 is 9.84 Å². The van der Waals surface area contributed by atoms with Gasteiger partial charge in [0.05, 0.1) is 11.6 Å². The number of allylic oxidation sites excluding steroid dienone is 3. The van der Waals surface area contributed by atoms with Crippen LogP contribution >= 0.6 is 0 Å². The van der Waals surface area contributed by atoms with Gasteiger partial charge in [-0.1, -0.05) is 37.6 Å². The zero-order valence-electron chi connectivity index (χ0n) is 20.6. The van der Waals surface area contributed by atoms with E-state index < -0.39 is 0 Å². The molecule has 5 heteroatoms. The summed E-state index contributed by atoms with van der Waals surface area (Å²) in [6, 6.07) is 6.41. The van der Waals surface area contributed by atoms with Crippen LogP contribution in [-0.4, -0.2) is 53.3 Å². The van der Waals surface area contributed by atoms with Crippen molar-refractivity contribution in [3.8, 4) is 0 Å². The van der Waals surface area contributed by atoms with Crippen LogP contribution in [0.25, 0.3) is 10.9 Å². The molecule has 0 radical (unpaired) electrons. The Balaban J connectivity index is 0.000000243. The third-order valence-electron chi connectivity index (χ3n) is 7.40. The summed E-state index contributed by atoms with van der Waals surface area (Å²) in [6.07, 6.45) is 15.7. The second-order valence-corrected chi connectivity index (χ2v) is 10.1. The molecule has 2 aromatic rings. The Hall–Kier alpha value is -2.24. The van der Waals surface area contributed by atoms with Crippen molar-refractivity contribution in [1.82, 2.24) is 14.9 Å². The third kappa shape index (κ3) is 5.64. The molecule has 0 amide bonds. The Labute approximate surface area is 198 Å². The van der Waals surface area contributed by atoms with Gasteiger partial charge >= 0.3 is 0 Å². The second kappa shape index (κ2) is 10.4. The molecule has 1 heterocycles. The van der Waals surface area contributed by atoms with Gasteiger partial charge in [0, 0.05) is 23.5 Å². The quantitative estimate of drug-likeness (QED) is 0.659. The lowest BCUT2D eigenvalue weighted by Gasteiger charge is -2.23. The van der Waals surface area contributed by atoms with Gasteiger partial charge in [0.15, 0.2) is 0 Å². The van der Waals surface area contributed by atoms with Gasteiger partial charge < -0.3 is 14.7 Å². The minimum atomic E-state index is 0.0211. The van der Waals surface area contributed by atoms with E-state index in [9.17, 15) is 0 Å². The monoisotopic (exact) mass is 449 g/mol. The van der Waals surface area contributed by atoms with E-state index in [-0.39, 0.29) is 11.5 Å². The van der Waals surface area contributed by atoms with Gasteiger partial charge in [-0.05, 0) is 82.7 Å². The number of hydrogen-bond acceptors (Lipinski definition) is 5. The number of rotatable bonds is 6. The van der Waals surface area contributed by atoms with Crippen LogP contribution in [0.1, 0.15) is 56.8 Å². The fraction of sp³-hybridized carbons (Fsp3) is 0.571. The molecule has 1 aromatic carbocycles. The van der Waals surface area contributed by atoms with Gasteiger partial charge in [-0.15, -0.1) is 0 Å². The van der Waals surface area contributed by atoms with Gasteiger partial charge in [0.1, 0.15) is 18.2 Å². The summed E-state index contributed by atoms with van der Waals surface area (Å²) >= 11 is 0. The summed E-state index contributed by atoms with van der Waals surface area (Å²) in [5, 5.41) is 10.2. The van der Waals surface area contributed by atoms with E-state index in [4.69, 9.17) is 14.8 Å². The van der Waals surface area contributed by atoms with Crippen LogP contribution < -0.4 is 0 Å². The van der Waals surface area contributed by atoms with Crippen molar-refractivity contribution in [2.75, 3.05) is 27.2 Å². The highest BCUT2D eigenvalue weighted by molar-refractivity contribution is 5.83. The zero-order chi connectivity index (χ0) is 23.4. The summed E-state index contributed by atoms with van der Waals surface area (Å²) in [6.45, 7) is 5.85. The van der Waals surface area contributed by atoms with Crippen LogP contribution in [0.2, 0.25) is 0 Å². The molecule has 2 fully saturated rings. The molecule has 0 aliphatic heterocycles. The van der Waals surface area contributed by atoms with E-state index >= 15 is 0 Å². The normalized spacial score (nSPS) is 28.1. The number of ether oxygens (including phenoxy) is 1. The van der Waals surface area contributed by atoms with E-state index in [1.54, 1.807) is 0 Å². The topological polar surface area (TPSA) is 58.5 Å². The lowest BCUT2D eigenvalue weighted by atomic mass is 9.86. The van der Waals surface area contributed by atoms with Crippen molar-refractivity contribution in [1.29, 1.82) is 0 Å². The molecule has 1 N–H and O–H groups in total. The van der Waals surface area contributed by atoms with Gasteiger partial charge in [-0.25, -0.2) is 9.97 Å². The number of aromatic nitrogens is 2. The van der Waals surface area contributed by atoms with Crippen molar-refractivity contribution in [2.24, 2.45) is 11.8 Å². The molecule has 1 aromatic heterocycles. The first-order valence-electron chi connectivity index (χ1n) is 12.5. The lowest BCUT2D eigenvalue weighted by molar-refractivity contribution is 0.108. The summed E-state index contributed by atoms with van der Waals surface area (Å²) in [5.41, 5.74) is 2.49. The molecule has 5 nitrogen and oxygen atoms in total. The molecular weight excluding hydrogens is 410 g/mol. The lowest BCUT2D eigenvalue weighted by Crippen LogP contribution is -2.18. The molecule has 178 valence electrons. The first-order chi connectivity index (χ1) is 15.9. The van der Waals surface area contributed by atoms with Gasteiger partial charge in [0.25, 0.3) is 0 Å². The Morgan fingerprint density at radius 2 is 1.97 bits per heavy atom. The van der Waals surface area contributed by atoms with Crippen molar-refractivity contribution in [3.05, 3.63) is 59.8 Å². The first-order valence-corrected chi connectivity index (χ1v) is 12.5. The number of likely N-dealkylation sites (N-methyl/N-ethyl adjacent to an activating group) is 1. The van der Waals surface area contributed by atoms with Crippen LogP contribution in [0.15, 0.2) is 48.4 Å². The molecule has 33 heavy (non-hydrogen) atoms. The number of nitrogens with zero attached hydrogens (tertiary/aromatic N) is 3. The fourth-order valence-electron chi connectivity index (χ4n) is 5.10. The Bertz CT molecular complexity index is 1010. The van der Waals surface area contributed by atoms with Crippen LogP contribution in [0.4, 0.5) is 0 Å². The maximum absolute atomic E-state index is 9.12. The minimum absolute atomic E-state index is 0.0211. The number of para-hydroxylation sites is 1. The van der Waals surface area contributed by atoms with Crippen LogP contribution in [0, 0.1) is 18.8 Å². The summed E-state index contributed by atoms with van der Waals surface area (Å²) < 4.78 is 5.89. The third-order valence-corrected chi connectivity index (χ3v) is 7.40. The molecule has 2 saturated carbocycles. The highest BCUT2D eigenvalue weighted by Crippen LogP contribution is 2.59. The molecule has 5 rings (SSSR count). The average Bonchev–Trinajstić information content (AvgIpc) is 3.54. The number of aryl methyl sites for hydroxylation is 1. The fourth-order valence-corrected chi connectivity index (χ4v) is 5.10. The summed E-state index contributed by atoms with van der Waals surface area (Å²) in [7, 11) is 4.12. The van der Waals surface area contributed by atoms with Crippen molar-refractivity contribution in [2.45, 2.75) is 63.9 Å². The molecule has 0 spiro atoms. The van der Waals surface area contributed by atoms with Gasteiger partial charge in [-0.2, -0.15) is 0 Å². The molecule has 3 aliphatic carbocycles. The number of hydrogen-bond donors (Lipinski definition) is 1. The van der Waals surface area contributed by atoms with Crippen LogP contribution in [-0.2, 0) is 10.2 Å². The number of aliphatic hydroxyl groups excluding tert-OH is 1. The SMILES string of the molecule is CCC1CCC(O)CC1.Cc1ncc2cccc(C34C=CC(OCCN(C)C)=CC3C4)c2n1. The summed E-state index contributed by atoms with van der Waals surface area (Å²) in [4.78, 5) is 11.2. The Morgan fingerprint density at radius 1 is 1.18 bits per heavy atom. The number of benzene rings is 1. The van der Waals surface area contributed by atoms with E-state index in [0.717, 1.165) is 60.8 Å². The highest BCUT2D eigenvalue weighted by atomic mass is 16.5. The summed E-state index contributed by atoms with van der Waals surface area (Å²) in [5.74, 6) is 3.25. The Morgan fingerprint density at radius 3 is 2.67 bits per heavy atom. The van der Waals surface area contributed by atoms with Crippen LogP contribution in [0.5, 0.6) is 0 Å². The minimum Gasteiger partial charge on any atom is -0.493 e. The average molecular weight is 450 g/mol. The molecule has 0 bridgehead atoms. The van der Waals surface area contributed by atoms with Crippen LogP contribution in [0.3, 0.4) is 0 Å². The number of aliphatic hydroxyl groups is 1. The largest absolute Gasteiger partial charge is 0.493 e. The maximum atomic E-state index is 9.12. The maximum Gasteiger partial charge on any atom is 0.125 e. The molecule has 2 atom stereocenters. The number of fused-ring (bicyclic) bond motifs is 2. The highest BCUT2D eigenvalue weighted by Gasteiger charge is 2.54. The van der Waals surface area contributed by atoms with Gasteiger partial charge in [0.2, 0.25) is 0 Å². The smallest absolute Gasteiger partial charge is 0.125 e. The van der Waals surface area contributed by atoms with E-state index in [2.05, 4.69) is 67.3 Å². The predicted octanol–water partition coefficient (Wildman–Crippen LogP) is 5.18. The van der Waals surface area contributed by atoms with E-state index in [1.165, 1.54) is 24.8 Å². The Kier molecular flexibility index (Phi) is 7.50. The molecule has 0 saturated heterocycles. The standard InChI is InChI=1S/C20H23N3O.C8H16O/c1-14-21-13-15-5-4-6-18(19(15)22-14)20-8-7-17(11-16(20)12-20)24-10-9-23(2)3;1-2-7-3-5-8(9)6-4-7/h4-8,11,13,16H,9-10,12H2,1-3H3;7-9H,2-6H2,1H3. The van der Waals surface area contributed by atoms with Crippen molar-refractivity contribution >= 4 is 10.9 Å². The van der Waals surface area contributed by atoms with E-state index in [1.807, 2.05) is 13.1 Å². The predicted molar refractivity (Wildman–Crippen MR) is 134 cm³/mol. The first kappa shape index (κ1) is 23.9. The molecule has 2 unspecified atom stereocenters. The van der Waals surface area contributed by atoms with Gasteiger partial charge in [-0.3, -0.25) is 0 Å². The van der Waals surface area contributed by atoms with Crippen molar-refractivity contribution in [3.63, 3.8) is 0 Å². The second-order valence-electron chi connectivity index (χ2n) is 10.1. The van der Waals surface area contributed by atoms with E-state index in [0.29, 0.717) is 5.92 Å². The molecular formula is C28H39N3O2. The zero-order valence-corrected chi connectivity index (χ0v) is 20.6. The molecule has 3 aliphatic rings.